The SMILES string of the molecule is CO[C@@H](C[C@@H](C)C/C(C)=C/[C@@H](C/C=C/c1ccccn1)C(=O)C[C@H](O)[C@@H](C)[C@H](C)/C(C)=C/[C@@H]1CC[C@@H](O)[C@H](OC)C1)[C@H]1O[C@@](O)(C(=O)C(=O)N2CCCC[C@H]2C(=O)O)[C@H](C)C[C@@H]1OC. The first-order chi connectivity index (χ1) is 30.3. The van der Waals surface area contributed by atoms with Crippen molar-refractivity contribution in [1.29, 1.82) is 0 Å². The molecule has 14 nitrogen and oxygen atoms in total. The Morgan fingerprint density at radius 1 is 1.00 bits per heavy atom. The minimum absolute atomic E-state index is 0.0119. The molecule has 0 aromatic carbocycles. The van der Waals surface area contributed by atoms with Crippen molar-refractivity contribution >= 4 is 29.5 Å². The molecular formula is C50H76N2O12. The van der Waals surface area contributed by atoms with Crippen molar-refractivity contribution in [3.05, 3.63) is 59.5 Å². The third-order valence-corrected chi connectivity index (χ3v) is 14.2. The van der Waals surface area contributed by atoms with Crippen LogP contribution in [0.5, 0.6) is 0 Å². The Morgan fingerprint density at radius 2 is 1.72 bits per heavy atom. The fourth-order valence-corrected chi connectivity index (χ4v) is 9.85. The molecule has 358 valence electrons. The lowest BCUT2D eigenvalue weighted by atomic mass is 9.79. The zero-order chi connectivity index (χ0) is 47.3. The topological polar surface area (TPSA) is 202 Å². The van der Waals surface area contributed by atoms with Gasteiger partial charge in [0.15, 0.2) is 0 Å². The number of nitrogens with zero attached hydrogens (tertiary/aromatic N) is 2. The fraction of sp³-hybridized carbons (Fsp3) is 0.700. The molecule has 0 unspecified atom stereocenters. The number of hydrogen-bond donors (Lipinski definition) is 4. The highest BCUT2D eigenvalue weighted by Gasteiger charge is 2.56. The highest BCUT2D eigenvalue weighted by Crippen LogP contribution is 2.39. The third kappa shape index (κ3) is 13.9. The number of aliphatic hydroxyl groups excluding tert-OH is 2. The number of ether oxygens (including phenoxy) is 4. The van der Waals surface area contributed by atoms with Gasteiger partial charge in [0, 0.05) is 52.3 Å². The lowest BCUT2D eigenvalue weighted by Crippen LogP contribution is -2.64. The molecule has 2 saturated heterocycles. The van der Waals surface area contributed by atoms with E-state index < -0.39 is 71.8 Å². The van der Waals surface area contributed by atoms with Gasteiger partial charge in [-0.2, -0.15) is 0 Å². The summed E-state index contributed by atoms with van der Waals surface area (Å²) in [7, 11) is 4.65. The van der Waals surface area contributed by atoms with Gasteiger partial charge in [0.2, 0.25) is 5.79 Å². The number of allylic oxidation sites excluding steroid dienone is 5. The van der Waals surface area contributed by atoms with Gasteiger partial charge in [-0.25, -0.2) is 4.79 Å². The lowest BCUT2D eigenvalue weighted by Gasteiger charge is -2.47. The zero-order valence-corrected chi connectivity index (χ0v) is 39.6. The number of aliphatic carboxylic acids is 1. The first-order valence-corrected chi connectivity index (χ1v) is 23.2. The number of hydrogen-bond acceptors (Lipinski definition) is 12. The molecule has 1 amide bonds. The Bertz CT molecular complexity index is 1780. The number of rotatable bonds is 22. The third-order valence-electron chi connectivity index (χ3n) is 14.2. The molecule has 4 rings (SSSR count). The maximum Gasteiger partial charge on any atom is 0.326 e. The van der Waals surface area contributed by atoms with Crippen LogP contribution in [-0.4, -0.2) is 130 Å². The van der Waals surface area contributed by atoms with Gasteiger partial charge in [0.05, 0.1) is 36.2 Å². The van der Waals surface area contributed by atoms with E-state index in [0.717, 1.165) is 34.6 Å². The van der Waals surface area contributed by atoms with E-state index in [2.05, 4.69) is 24.9 Å². The summed E-state index contributed by atoms with van der Waals surface area (Å²) in [5, 5.41) is 43.3. The van der Waals surface area contributed by atoms with Gasteiger partial charge in [-0.15, -0.1) is 0 Å². The Kier molecular flexibility index (Phi) is 20.5. The maximum atomic E-state index is 14.1. The number of aromatic nitrogens is 1. The molecular weight excluding hydrogens is 821 g/mol. The monoisotopic (exact) mass is 897 g/mol. The minimum atomic E-state index is -2.52. The average Bonchev–Trinajstić information content (AvgIpc) is 3.28. The van der Waals surface area contributed by atoms with Crippen LogP contribution in [0, 0.1) is 35.5 Å². The standard InChI is InChI=1S/C50H76N2O12/c1-30(23-31(2)25-44(62-8)46-45(63-9)27-33(4)50(60,64-46)47(56)48(57)52-22-13-11-18-39(52)49(58)59)24-37(15-14-17-38-16-10-12-21-51-38)42(55)29-41(54)35(6)34(5)32(3)26-36-19-20-40(53)43(28-36)61-7/h10,12,14,16-17,21,24,26,31,33-37,39-41,43-46,53-54,60H,11,13,15,18-20,22-23,25,27-29H2,1-9H3,(H,58,59)/b17-14+,30-24+,32-26+/t31-,33+,34+,35-,36-,37+,39-,40+,41-,43+,44-,45-,46+,50+/m0/s1. The summed E-state index contributed by atoms with van der Waals surface area (Å²) < 4.78 is 23.4. The molecule has 14 atom stereocenters. The second kappa shape index (κ2) is 24.8. The molecule has 2 aliphatic heterocycles. The number of Topliss-reactive ketones (excluding diaryl/α,β-unsaturated/α-hetero) is 2. The minimum Gasteiger partial charge on any atom is -0.480 e. The Labute approximate surface area is 380 Å². The van der Waals surface area contributed by atoms with Crippen LogP contribution in [0.3, 0.4) is 0 Å². The van der Waals surface area contributed by atoms with Crippen molar-refractivity contribution in [3.8, 4) is 0 Å². The van der Waals surface area contributed by atoms with Crippen molar-refractivity contribution in [2.45, 2.75) is 161 Å². The van der Waals surface area contributed by atoms with E-state index in [1.165, 1.54) is 14.2 Å². The predicted octanol–water partition coefficient (Wildman–Crippen LogP) is 6.36. The van der Waals surface area contributed by atoms with E-state index in [1.807, 2.05) is 57.2 Å². The Balaban J connectivity index is 1.47. The van der Waals surface area contributed by atoms with Crippen LogP contribution in [0.25, 0.3) is 6.08 Å². The summed E-state index contributed by atoms with van der Waals surface area (Å²) >= 11 is 0. The Morgan fingerprint density at radius 3 is 2.36 bits per heavy atom. The average molecular weight is 897 g/mol. The molecule has 4 N–H and O–H groups in total. The van der Waals surface area contributed by atoms with Crippen LogP contribution in [0.1, 0.15) is 118 Å². The number of amides is 1. The van der Waals surface area contributed by atoms with E-state index in [-0.39, 0.29) is 61.4 Å². The molecule has 14 heteroatoms. The fourth-order valence-electron chi connectivity index (χ4n) is 9.85. The number of carbonyl (C=O) groups is 4. The predicted molar refractivity (Wildman–Crippen MR) is 243 cm³/mol. The number of carboxylic acid groups (broad SMARTS) is 1. The van der Waals surface area contributed by atoms with Crippen molar-refractivity contribution in [2.75, 3.05) is 27.9 Å². The molecule has 1 saturated carbocycles. The van der Waals surface area contributed by atoms with Gasteiger partial charge in [-0.1, -0.05) is 63.1 Å². The molecule has 0 bridgehead atoms. The van der Waals surface area contributed by atoms with Crippen LogP contribution in [-0.2, 0) is 38.1 Å². The molecule has 64 heavy (non-hydrogen) atoms. The van der Waals surface area contributed by atoms with Crippen molar-refractivity contribution in [1.82, 2.24) is 9.88 Å². The van der Waals surface area contributed by atoms with Gasteiger partial charge >= 0.3 is 5.97 Å². The zero-order valence-electron chi connectivity index (χ0n) is 39.6. The second-order valence-electron chi connectivity index (χ2n) is 18.9. The number of methoxy groups -OCH3 is 3. The molecule has 1 aromatic rings. The Hall–Kier alpha value is -3.63. The summed E-state index contributed by atoms with van der Waals surface area (Å²) in [5.74, 6) is -7.37. The highest BCUT2D eigenvalue weighted by atomic mass is 16.7. The van der Waals surface area contributed by atoms with E-state index in [9.17, 15) is 39.6 Å². The maximum absolute atomic E-state index is 14.1. The summed E-state index contributed by atoms with van der Waals surface area (Å²) in [4.78, 5) is 58.8. The molecule has 3 heterocycles. The summed E-state index contributed by atoms with van der Waals surface area (Å²) in [6.45, 7) is 11.8. The molecule has 1 aliphatic carbocycles. The molecule has 0 spiro atoms. The van der Waals surface area contributed by atoms with Crippen molar-refractivity contribution in [2.24, 2.45) is 35.5 Å². The number of carbonyl (C=O) groups excluding carboxylic acids is 3. The normalized spacial score (nSPS) is 30.0. The summed E-state index contributed by atoms with van der Waals surface area (Å²) in [6, 6.07) is 4.47. The van der Waals surface area contributed by atoms with Crippen LogP contribution in [0.15, 0.2) is 53.8 Å². The molecule has 3 aliphatic rings. The summed E-state index contributed by atoms with van der Waals surface area (Å²) in [6.07, 6.45) is 11.3. The van der Waals surface area contributed by atoms with Crippen LogP contribution in [0.2, 0.25) is 0 Å². The van der Waals surface area contributed by atoms with Crippen molar-refractivity contribution < 1.29 is 58.6 Å². The van der Waals surface area contributed by atoms with E-state index >= 15 is 0 Å². The second-order valence-corrected chi connectivity index (χ2v) is 18.9. The van der Waals surface area contributed by atoms with Gasteiger partial charge in [0.1, 0.15) is 17.9 Å². The molecule has 1 aromatic heterocycles. The first-order valence-electron chi connectivity index (χ1n) is 23.2. The van der Waals surface area contributed by atoms with E-state index in [4.69, 9.17) is 18.9 Å². The molecule has 3 fully saturated rings. The van der Waals surface area contributed by atoms with Gasteiger partial charge in [-0.3, -0.25) is 19.4 Å². The lowest BCUT2D eigenvalue weighted by molar-refractivity contribution is -0.302. The number of carboxylic acids is 1. The highest BCUT2D eigenvalue weighted by molar-refractivity contribution is 6.39. The number of aliphatic hydroxyl groups is 3. The van der Waals surface area contributed by atoms with Crippen LogP contribution in [0.4, 0.5) is 0 Å². The van der Waals surface area contributed by atoms with Gasteiger partial charge < -0.3 is 44.3 Å². The van der Waals surface area contributed by atoms with E-state index in [1.54, 1.807) is 20.2 Å². The van der Waals surface area contributed by atoms with Crippen LogP contribution < -0.4 is 0 Å². The van der Waals surface area contributed by atoms with Gasteiger partial charge in [-0.05, 0) is 120 Å². The van der Waals surface area contributed by atoms with Crippen molar-refractivity contribution in [3.63, 3.8) is 0 Å². The molecule has 0 radical (unpaired) electrons. The largest absolute Gasteiger partial charge is 0.480 e. The number of pyridine rings is 1. The quantitative estimate of drug-likeness (QED) is 0.0741. The number of ketones is 2. The number of piperidine rings is 1. The van der Waals surface area contributed by atoms with Gasteiger partial charge in [0.25, 0.3) is 11.7 Å². The number of likely N-dealkylation sites (tertiary alicyclic amines) is 1. The van der Waals surface area contributed by atoms with E-state index in [0.29, 0.717) is 38.5 Å². The smallest absolute Gasteiger partial charge is 0.326 e. The summed E-state index contributed by atoms with van der Waals surface area (Å²) in [5.41, 5.74) is 2.87. The first kappa shape index (κ1) is 53.0. The van der Waals surface area contributed by atoms with Crippen LogP contribution >= 0.6 is 0 Å².